The zero-order valence-electron chi connectivity index (χ0n) is 10.0. The molecule has 18 heavy (non-hydrogen) atoms. The predicted octanol–water partition coefficient (Wildman–Crippen LogP) is 0.453. The van der Waals surface area contributed by atoms with Gasteiger partial charge in [0.2, 0.25) is 10.0 Å². The molecule has 1 aromatic rings. The molecule has 2 unspecified atom stereocenters. The maximum Gasteiger partial charge on any atom is 0.245 e. The second-order valence-electron chi connectivity index (χ2n) is 3.82. The first kappa shape index (κ1) is 15.1. The summed E-state index contributed by atoms with van der Waals surface area (Å²) in [6.45, 7) is 1.59. The Kier molecular flexibility index (Phi) is 4.83. The summed E-state index contributed by atoms with van der Waals surface area (Å²) in [7, 11) is -5.20. The lowest BCUT2D eigenvalue weighted by molar-refractivity contribution is 0.558. The van der Waals surface area contributed by atoms with Crippen molar-refractivity contribution in [1.82, 2.24) is 4.72 Å². The number of sulfonamides is 1. The van der Waals surface area contributed by atoms with Crippen LogP contribution < -0.4 is 10.5 Å². The Morgan fingerprint density at radius 2 is 2.11 bits per heavy atom. The number of nitrogen functional groups attached to an aromatic ring is 1. The fourth-order valence-electron chi connectivity index (χ4n) is 1.23. The summed E-state index contributed by atoms with van der Waals surface area (Å²) in [4.78, 5) is -0.570. The molecule has 1 rings (SSSR count). The molecule has 0 heterocycles. The second kappa shape index (κ2) is 5.77. The lowest BCUT2D eigenvalue weighted by atomic mass is 10.3. The van der Waals surface area contributed by atoms with Crippen molar-refractivity contribution in [3.05, 3.63) is 24.0 Å². The highest BCUT2D eigenvalue weighted by molar-refractivity contribution is 7.89. The van der Waals surface area contributed by atoms with Crippen LogP contribution in [0.25, 0.3) is 0 Å². The molecule has 102 valence electrons. The van der Waals surface area contributed by atoms with Gasteiger partial charge in [-0.3, -0.25) is 4.21 Å². The fourth-order valence-corrected chi connectivity index (χ4v) is 2.97. The van der Waals surface area contributed by atoms with Crippen LogP contribution in [0, 0.1) is 5.82 Å². The molecule has 0 aromatic heterocycles. The second-order valence-corrected chi connectivity index (χ2v) is 7.33. The molecule has 0 radical (unpaired) electrons. The highest BCUT2D eigenvalue weighted by atomic mass is 32.2. The number of rotatable bonds is 5. The van der Waals surface area contributed by atoms with Gasteiger partial charge in [0, 0.05) is 28.9 Å². The monoisotopic (exact) mass is 294 g/mol. The number of nitrogens with one attached hydrogen (secondary N) is 1. The Morgan fingerprint density at radius 3 is 2.61 bits per heavy atom. The average Bonchev–Trinajstić information content (AvgIpc) is 2.25. The Balaban J connectivity index is 2.98. The Bertz CT molecular complexity index is 540. The van der Waals surface area contributed by atoms with Crippen LogP contribution in [0.15, 0.2) is 23.1 Å². The first-order chi connectivity index (χ1) is 8.25. The third-order valence-electron chi connectivity index (χ3n) is 2.39. The van der Waals surface area contributed by atoms with Crippen LogP contribution in [0.4, 0.5) is 10.1 Å². The van der Waals surface area contributed by atoms with E-state index in [0.717, 1.165) is 6.07 Å². The summed E-state index contributed by atoms with van der Waals surface area (Å²) in [6, 6.07) is 3.65. The number of nitrogens with two attached hydrogens (primary N) is 1. The molecule has 0 fully saturated rings. The van der Waals surface area contributed by atoms with Crippen LogP contribution in [-0.2, 0) is 20.8 Å². The van der Waals surface area contributed by atoms with E-state index in [1.54, 1.807) is 6.92 Å². The van der Waals surface area contributed by atoms with Crippen molar-refractivity contribution in [3.63, 3.8) is 0 Å². The van der Waals surface area contributed by atoms with E-state index in [-0.39, 0.29) is 17.5 Å². The van der Waals surface area contributed by atoms with Gasteiger partial charge < -0.3 is 5.73 Å². The molecule has 0 aliphatic heterocycles. The van der Waals surface area contributed by atoms with E-state index in [1.165, 1.54) is 18.4 Å². The summed E-state index contributed by atoms with van der Waals surface area (Å²) < 4.78 is 50.5. The van der Waals surface area contributed by atoms with E-state index in [1.807, 2.05) is 0 Å². The minimum atomic E-state index is -4.03. The highest BCUT2D eigenvalue weighted by Gasteiger charge is 2.22. The Hall–Kier alpha value is -0.990. The van der Waals surface area contributed by atoms with Crippen LogP contribution in [-0.4, -0.2) is 30.7 Å². The molecule has 3 N–H and O–H groups in total. The molecular weight excluding hydrogens is 279 g/mol. The minimum absolute atomic E-state index is 0.0424. The van der Waals surface area contributed by atoms with E-state index in [9.17, 15) is 17.0 Å². The van der Waals surface area contributed by atoms with Crippen molar-refractivity contribution in [2.45, 2.75) is 17.1 Å². The van der Waals surface area contributed by atoms with Gasteiger partial charge in [-0.25, -0.2) is 17.5 Å². The van der Waals surface area contributed by atoms with Crippen LogP contribution in [0.5, 0.6) is 0 Å². The van der Waals surface area contributed by atoms with Crippen molar-refractivity contribution < 1.29 is 17.0 Å². The molecule has 1 aromatic carbocycles. The van der Waals surface area contributed by atoms with Crippen molar-refractivity contribution in [1.29, 1.82) is 0 Å². The SMILES string of the molecule is CC(CNS(=O)(=O)c1c(N)cccc1F)S(C)=O. The van der Waals surface area contributed by atoms with Crippen molar-refractivity contribution >= 4 is 26.5 Å². The molecule has 0 saturated carbocycles. The van der Waals surface area contributed by atoms with Gasteiger partial charge in [-0.15, -0.1) is 0 Å². The zero-order chi connectivity index (χ0) is 13.9. The first-order valence-corrected chi connectivity index (χ1v) is 8.22. The van der Waals surface area contributed by atoms with E-state index in [4.69, 9.17) is 5.73 Å². The quantitative estimate of drug-likeness (QED) is 0.772. The van der Waals surface area contributed by atoms with E-state index >= 15 is 0 Å². The van der Waals surface area contributed by atoms with Gasteiger partial charge in [-0.2, -0.15) is 0 Å². The van der Waals surface area contributed by atoms with Crippen LogP contribution in [0.2, 0.25) is 0 Å². The third kappa shape index (κ3) is 3.50. The average molecular weight is 294 g/mol. The molecule has 0 bridgehead atoms. The van der Waals surface area contributed by atoms with E-state index in [2.05, 4.69) is 4.72 Å². The predicted molar refractivity (Wildman–Crippen MR) is 69.5 cm³/mol. The normalized spacial score (nSPS) is 15.3. The molecular formula is C10H15FN2O3S2. The fraction of sp³-hybridized carbons (Fsp3) is 0.400. The molecule has 2 atom stereocenters. The van der Waals surface area contributed by atoms with Crippen molar-refractivity contribution in [2.24, 2.45) is 0 Å². The molecule has 0 aliphatic carbocycles. The Morgan fingerprint density at radius 1 is 1.50 bits per heavy atom. The topological polar surface area (TPSA) is 89.3 Å². The number of halogens is 1. The number of benzene rings is 1. The highest BCUT2D eigenvalue weighted by Crippen LogP contribution is 2.21. The number of hydrogen-bond donors (Lipinski definition) is 2. The van der Waals surface area contributed by atoms with Gasteiger partial charge in [-0.1, -0.05) is 6.07 Å². The summed E-state index contributed by atoms with van der Waals surface area (Å²) in [5.41, 5.74) is 5.30. The van der Waals surface area contributed by atoms with Crippen molar-refractivity contribution in [3.8, 4) is 0 Å². The molecule has 0 aliphatic rings. The maximum absolute atomic E-state index is 13.5. The van der Waals surface area contributed by atoms with E-state index < -0.39 is 31.5 Å². The molecule has 5 nitrogen and oxygen atoms in total. The van der Waals surface area contributed by atoms with Crippen LogP contribution in [0.3, 0.4) is 0 Å². The summed E-state index contributed by atoms with van der Waals surface area (Å²) in [5, 5.41) is -0.368. The van der Waals surface area contributed by atoms with Crippen LogP contribution >= 0.6 is 0 Å². The molecule has 8 heteroatoms. The summed E-state index contributed by atoms with van der Waals surface area (Å²) >= 11 is 0. The first-order valence-electron chi connectivity index (χ1n) is 5.11. The van der Waals surface area contributed by atoms with Gasteiger partial charge >= 0.3 is 0 Å². The van der Waals surface area contributed by atoms with E-state index in [0.29, 0.717) is 0 Å². The third-order valence-corrected chi connectivity index (χ3v) is 5.21. The largest absolute Gasteiger partial charge is 0.398 e. The summed E-state index contributed by atoms with van der Waals surface area (Å²) in [5.74, 6) is -0.909. The maximum atomic E-state index is 13.5. The number of anilines is 1. The Labute approximate surface area is 108 Å². The molecule has 0 spiro atoms. The van der Waals surface area contributed by atoms with Gasteiger partial charge in [-0.05, 0) is 19.1 Å². The zero-order valence-corrected chi connectivity index (χ0v) is 11.6. The lowest BCUT2D eigenvalue weighted by Gasteiger charge is -2.12. The van der Waals surface area contributed by atoms with Gasteiger partial charge in [0.05, 0.1) is 5.69 Å². The van der Waals surface area contributed by atoms with Gasteiger partial charge in [0.15, 0.2) is 0 Å². The lowest BCUT2D eigenvalue weighted by Crippen LogP contribution is -2.33. The van der Waals surface area contributed by atoms with Crippen LogP contribution in [0.1, 0.15) is 6.92 Å². The smallest absolute Gasteiger partial charge is 0.245 e. The van der Waals surface area contributed by atoms with Gasteiger partial charge in [0.25, 0.3) is 0 Å². The summed E-state index contributed by atoms with van der Waals surface area (Å²) in [6.07, 6.45) is 1.47. The minimum Gasteiger partial charge on any atom is -0.398 e. The van der Waals surface area contributed by atoms with Crippen molar-refractivity contribution in [2.75, 3.05) is 18.5 Å². The molecule has 0 saturated heterocycles. The number of hydrogen-bond acceptors (Lipinski definition) is 4. The van der Waals surface area contributed by atoms with Gasteiger partial charge in [0.1, 0.15) is 10.7 Å². The molecule has 0 amide bonds. The standard InChI is InChI=1S/C10H15FN2O3S2/c1-7(17(2)14)6-13-18(15,16)10-8(11)4-3-5-9(10)12/h3-5,7,13H,6,12H2,1-2H3.